The number of urea groups is 1. The molecule has 0 aromatic heterocycles. The lowest BCUT2D eigenvalue weighted by Gasteiger charge is -2.40. The van der Waals surface area contributed by atoms with Crippen molar-refractivity contribution in [1.82, 2.24) is 10.2 Å². The van der Waals surface area contributed by atoms with Gasteiger partial charge in [0, 0.05) is 19.6 Å². The van der Waals surface area contributed by atoms with Crippen LogP contribution in [0.25, 0.3) is 0 Å². The predicted octanol–water partition coefficient (Wildman–Crippen LogP) is 3.10. The molecule has 0 radical (unpaired) electrons. The van der Waals surface area contributed by atoms with Crippen LogP contribution in [0.2, 0.25) is 0 Å². The van der Waals surface area contributed by atoms with E-state index < -0.39 is 11.4 Å². The van der Waals surface area contributed by atoms with Gasteiger partial charge >= 0.3 is 12.0 Å². The Kier molecular flexibility index (Phi) is 6.05. The Balaban J connectivity index is 2.66. The third-order valence-electron chi connectivity index (χ3n) is 4.72. The molecule has 0 bridgehead atoms. The molecule has 5 heteroatoms. The molecule has 0 saturated carbocycles. The van der Waals surface area contributed by atoms with E-state index in [0.717, 1.165) is 19.3 Å². The number of hydrogen-bond donors (Lipinski definition) is 2. The van der Waals surface area contributed by atoms with Gasteiger partial charge in [-0.25, -0.2) is 4.79 Å². The number of carbonyl (C=O) groups excluding carboxylic acids is 1. The molecule has 0 aromatic carbocycles. The number of rotatable bonds is 6. The number of aliphatic carboxylic acids is 1. The Labute approximate surface area is 128 Å². The molecule has 1 aliphatic heterocycles. The minimum atomic E-state index is -0.768. The van der Waals surface area contributed by atoms with E-state index in [9.17, 15) is 14.7 Å². The van der Waals surface area contributed by atoms with Crippen LogP contribution in [0.5, 0.6) is 0 Å². The third kappa shape index (κ3) is 4.61. The van der Waals surface area contributed by atoms with Crippen LogP contribution in [-0.2, 0) is 4.79 Å². The Bertz CT molecular complexity index is 378. The minimum absolute atomic E-state index is 0.0682. The van der Waals surface area contributed by atoms with E-state index in [4.69, 9.17) is 0 Å². The number of amides is 2. The zero-order valence-corrected chi connectivity index (χ0v) is 13.9. The highest BCUT2D eigenvalue weighted by Crippen LogP contribution is 2.35. The molecule has 2 amide bonds. The quantitative estimate of drug-likeness (QED) is 0.791. The van der Waals surface area contributed by atoms with E-state index in [2.05, 4.69) is 26.1 Å². The van der Waals surface area contributed by atoms with Crippen LogP contribution in [0.4, 0.5) is 4.79 Å². The number of carboxylic acid groups (broad SMARTS) is 1. The lowest BCUT2D eigenvalue weighted by atomic mass is 9.76. The highest BCUT2D eigenvalue weighted by molar-refractivity contribution is 5.78. The fourth-order valence-electron chi connectivity index (χ4n) is 2.82. The summed E-state index contributed by atoms with van der Waals surface area (Å²) in [6.45, 7) is 9.92. The van der Waals surface area contributed by atoms with E-state index in [1.54, 1.807) is 4.90 Å². The van der Waals surface area contributed by atoms with Crippen molar-refractivity contribution in [3.63, 3.8) is 0 Å². The number of hydrogen-bond acceptors (Lipinski definition) is 2. The maximum atomic E-state index is 12.3. The number of nitrogens with zero attached hydrogens (tertiary/aromatic N) is 1. The zero-order valence-electron chi connectivity index (χ0n) is 13.9. The van der Waals surface area contributed by atoms with E-state index in [1.165, 1.54) is 0 Å². The lowest BCUT2D eigenvalue weighted by Crippen LogP contribution is -2.53. The van der Waals surface area contributed by atoms with Crippen molar-refractivity contribution < 1.29 is 14.7 Å². The highest BCUT2D eigenvalue weighted by atomic mass is 16.4. The number of carbonyl (C=O) groups is 2. The number of likely N-dealkylation sites (tertiary alicyclic amines) is 1. The van der Waals surface area contributed by atoms with Gasteiger partial charge in [-0.3, -0.25) is 4.79 Å². The van der Waals surface area contributed by atoms with Crippen molar-refractivity contribution in [2.75, 3.05) is 19.6 Å². The average Bonchev–Trinajstić information content (AvgIpc) is 2.45. The molecule has 5 nitrogen and oxygen atoms in total. The van der Waals surface area contributed by atoms with Gasteiger partial charge in [0.05, 0.1) is 5.41 Å². The molecule has 1 aliphatic rings. The van der Waals surface area contributed by atoms with Gasteiger partial charge in [-0.05, 0) is 31.1 Å². The maximum Gasteiger partial charge on any atom is 0.317 e. The first-order valence-electron chi connectivity index (χ1n) is 8.02. The molecule has 1 unspecified atom stereocenters. The van der Waals surface area contributed by atoms with Gasteiger partial charge in [-0.1, -0.05) is 34.1 Å². The third-order valence-corrected chi connectivity index (χ3v) is 4.72. The second-order valence-corrected chi connectivity index (χ2v) is 7.04. The SMILES string of the molecule is CCCC1(C(=O)O)CCCN(C(=O)NCC(C)(C)CC)C1. The van der Waals surface area contributed by atoms with Crippen LogP contribution < -0.4 is 5.32 Å². The van der Waals surface area contributed by atoms with Crippen molar-refractivity contribution in [2.45, 2.75) is 59.8 Å². The molecule has 0 aliphatic carbocycles. The van der Waals surface area contributed by atoms with Crippen LogP contribution in [-0.4, -0.2) is 41.6 Å². The Morgan fingerprint density at radius 3 is 2.52 bits per heavy atom. The second kappa shape index (κ2) is 7.14. The smallest absolute Gasteiger partial charge is 0.317 e. The maximum absolute atomic E-state index is 12.3. The molecule has 1 atom stereocenters. The van der Waals surface area contributed by atoms with Gasteiger partial charge in [0.15, 0.2) is 0 Å². The highest BCUT2D eigenvalue weighted by Gasteiger charge is 2.42. The van der Waals surface area contributed by atoms with Crippen molar-refractivity contribution in [1.29, 1.82) is 0 Å². The molecule has 2 N–H and O–H groups in total. The Hall–Kier alpha value is -1.26. The molecule has 0 aromatic rings. The second-order valence-electron chi connectivity index (χ2n) is 7.04. The summed E-state index contributed by atoms with van der Waals surface area (Å²) in [5, 5.41) is 12.5. The van der Waals surface area contributed by atoms with Crippen molar-refractivity contribution in [2.24, 2.45) is 10.8 Å². The summed E-state index contributed by atoms with van der Waals surface area (Å²) in [5.74, 6) is -0.768. The fraction of sp³-hybridized carbons (Fsp3) is 0.875. The van der Waals surface area contributed by atoms with Crippen molar-refractivity contribution in [3.05, 3.63) is 0 Å². The van der Waals surface area contributed by atoms with Gasteiger partial charge < -0.3 is 15.3 Å². The first-order valence-corrected chi connectivity index (χ1v) is 8.02. The summed E-state index contributed by atoms with van der Waals surface area (Å²) in [6.07, 6.45) is 3.87. The fourth-order valence-corrected chi connectivity index (χ4v) is 2.82. The van der Waals surface area contributed by atoms with Gasteiger partial charge in [0.1, 0.15) is 0 Å². The van der Waals surface area contributed by atoms with Gasteiger partial charge in [0.2, 0.25) is 0 Å². The number of nitrogens with one attached hydrogen (secondary N) is 1. The van der Waals surface area contributed by atoms with E-state index in [1.807, 2.05) is 6.92 Å². The Morgan fingerprint density at radius 1 is 1.33 bits per heavy atom. The lowest BCUT2D eigenvalue weighted by molar-refractivity contribution is -0.152. The molecule has 1 rings (SSSR count). The molecule has 1 saturated heterocycles. The van der Waals surface area contributed by atoms with Crippen LogP contribution >= 0.6 is 0 Å². The average molecular weight is 298 g/mol. The van der Waals surface area contributed by atoms with Crippen molar-refractivity contribution >= 4 is 12.0 Å². The normalized spacial score (nSPS) is 23.0. The van der Waals surface area contributed by atoms with Crippen LogP contribution in [0.3, 0.4) is 0 Å². The van der Waals surface area contributed by atoms with Crippen LogP contribution in [0, 0.1) is 10.8 Å². The monoisotopic (exact) mass is 298 g/mol. The molecule has 1 fully saturated rings. The van der Waals surface area contributed by atoms with Gasteiger partial charge in [-0.2, -0.15) is 0 Å². The number of carboxylic acids is 1. The van der Waals surface area contributed by atoms with E-state index >= 15 is 0 Å². The molecule has 1 heterocycles. The zero-order chi connectivity index (χ0) is 16.1. The van der Waals surface area contributed by atoms with E-state index in [-0.39, 0.29) is 11.4 Å². The molecular weight excluding hydrogens is 268 g/mol. The first kappa shape index (κ1) is 17.8. The molecular formula is C16H30N2O3. The molecule has 122 valence electrons. The standard InChI is InChI=1S/C16H30N2O3/c1-5-8-16(13(19)20)9-7-10-18(12-16)14(21)17-11-15(3,4)6-2/h5-12H2,1-4H3,(H,17,21)(H,19,20). The summed E-state index contributed by atoms with van der Waals surface area (Å²) in [4.78, 5) is 25.6. The van der Waals surface area contributed by atoms with Gasteiger partial charge in [-0.15, -0.1) is 0 Å². The van der Waals surface area contributed by atoms with E-state index in [0.29, 0.717) is 32.5 Å². The van der Waals surface area contributed by atoms with Crippen molar-refractivity contribution in [3.8, 4) is 0 Å². The summed E-state index contributed by atoms with van der Waals surface area (Å²) in [5.41, 5.74) is -0.691. The molecule has 21 heavy (non-hydrogen) atoms. The molecule has 0 spiro atoms. The number of piperidine rings is 1. The minimum Gasteiger partial charge on any atom is -0.481 e. The topological polar surface area (TPSA) is 69.6 Å². The summed E-state index contributed by atoms with van der Waals surface area (Å²) in [7, 11) is 0. The first-order chi connectivity index (χ1) is 9.76. The van der Waals surface area contributed by atoms with Crippen LogP contribution in [0.1, 0.15) is 59.8 Å². The Morgan fingerprint density at radius 2 is 2.00 bits per heavy atom. The van der Waals surface area contributed by atoms with Gasteiger partial charge in [0.25, 0.3) is 0 Å². The summed E-state index contributed by atoms with van der Waals surface area (Å²) >= 11 is 0. The summed E-state index contributed by atoms with van der Waals surface area (Å²) < 4.78 is 0. The predicted molar refractivity (Wildman–Crippen MR) is 83.3 cm³/mol. The van der Waals surface area contributed by atoms with Crippen LogP contribution in [0.15, 0.2) is 0 Å². The summed E-state index contributed by atoms with van der Waals surface area (Å²) in [6, 6.07) is -0.127. The largest absolute Gasteiger partial charge is 0.481 e.